The van der Waals surface area contributed by atoms with Crippen LogP contribution in [0, 0.1) is 18.6 Å². The molecule has 0 aliphatic carbocycles. The summed E-state index contributed by atoms with van der Waals surface area (Å²) in [6.07, 6.45) is 0. The van der Waals surface area contributed by atoms with E-state index in [1.165, 1.54) is 18.3 Å². The summed E-state index contributed by atoms with van der Waals surface area (Å²) < 4.78 is 28.7. The number of fused-ring (bicyclic) bond motifs is 1. The molecular weight excluding hydrogens is 276 g/mol. The van der Waals surface area contributed by atoms with Crippen molar-refractivity contribution in [2.45, 2.75) is 13.0 Å². The van der Waals surface area contributed by atoms with E-state index in [0.717, 1.165) is 15.0 Å². The van der Waals surface area contributed by atoms with Gasteiger partial charge in [0.1, 0.15) is 0 Å². The van der Waals surface area contributed by atoms with Gasteiger partial charge in [0.2, 0.25) is 0 Å². The van der Waals surface area contributed by atoms with E-state index in [9.17, 15) is 8.78 Å². The summed E-state index contributed by atoms with van der Waals surface area (Å²) in [6.45, 7) is 1.53. The molecule has 0 aliphatic rings. The van der Waals surface area contributed by atoms with Crippen molar-refractivity contribution in [3.8, 4) is 0 Å². The number of hydrogen-bond donors (Lipinski definition) is 1. The molecule has 102 valence electrons. The molecule has 0 fully saturated rings. The third kappa shape index (κ3) is 2.11. The Morgan fingerprint density at radius 2 is 1.80 bits per heavy atom. The number of aryl methyl sites for hydroxylation is 1. The molecule has 20 heavy (non-hydrogen) atoms. The minimum Gasteiger partial charge on any atom is -0.320 e. The molecule has 1 aromatic heterocycles. The number of hydrogen-bond acceptors (Lipinski definition) is 2. The second-order valence-electron chi connectivity index (χ2n) is 4.76. The van der Waals surface area contributed by atoms with E-state index in [1.54, 1.807) is 12.1 Å². The summed E-state index contributed by atoms with van der Waals surface area (Å²) >= 11 is 1.50. The van der Waals surface area contributed by atoms with Crippen LogP contribution in [0.3, 0.4) is 0 Å². The van der Waals surface area contributed by atoms with Crippen LogP contribution in [0.15, 0.2) is 42.5 Å². The predicted molar refractivity (Wildman–Crippen MR) is 79.0 cm³/mol. The van der Waals surface area contributed by atoms with Crippen LogP contribution in [-0.2, 0) is 0 Å². The van der Waals surface area contributed by atoms with Gasteiger partial charge in [0.15, 0.2) is 11.6 Å². The van der Waals surface area contributed by atoms with Crippen molar-refractivity contribution in [3.05, 3.63) is 70.1 Å². The molecule has 3 aromatic rings. The summed E-state index contributed by atoms with van der Waals surface area (Å²) in [7, 11) is 0. The van der Waals surface area contributed by atoms with E-state index in [2.05, 4.69) is 0 Å². The Morgan fingerprint density at radius 1 is 1.05 bits per heavy atom. The van der Waals surface area contributed by atoms with Gasteiger partial charge in [0, 0.05) is 15.1 Å². The zero-order chi connectivity index (χ0) is 14.3. The summed E-state index contributed by atoms with van der Waals surface area (Å²) in [4.78, 5) is 0.827. The molecule has 0 saturated heterocycles. The zero-order valence-corrected chi connectivity index (χ0v) is 11.7. The van der Waals surface area contributed by atoms with Crippen molar-refractivity contribution in [1.82, 2.24) is 0 Å². The minimum atomic E-state index is -0.852. The molecule has 4 heteroatoms. The molecule has 1 heterocycles. The van der Waals surface area contributed by atoms with E-state index in [-0.39, 0.29) is 11.1 Å². The van der Waals surface area contributed by atoms with Gasteiger partial charge in [-0.25, -0.2) is 8.78 Å². The Labute approximate surface area is 119 Å². The average Bonchev–Trinajstić information content (AvgIpc) is 2.88. The van der Waals surface area contributed by atoms with Crippen LogP contribution in [0.5, 0.6) is 0 Å². The topological polar surface area (TPSA) is 26.0 Å². The number of nitrogens with two attached hydrogens (primary N) is 1. The maximum absolute atomic E-state index is 14.0. The summed E-state index contributed by atoms with van der Waals surface area (Å²) in [6, 6.07) is 12.3. The van der Waals surface area contributed by atoms with E-state index in [0.29, 0.717) is 0 Å². The zero-order valence-electron chi connectivity index (χ0n) is 10.9. The van der Waals surface area contributed by atoms with Crippen LogP contribution in [0.2, 0.25) is 0 Å². The standard InChI is InChI=1S/C16H13F2NS/c1-9-6-7-11(15(18)14(9)17)16(19)13-8-10-4-2-3-5-12(10)20-13/h2-8,16H,19H2,1H3. The van der Waals surface area contributed by atoms with Crippen LogP contribution in [0.1, 0.15) is 22.0 Å². The van der Waals surface area contributed by atoms with Crippen LogP contribution in [-0.4, -0.2) is 0 Å². The smallest absolute Gasteiger partial charge is 0.164 e. The van der Waals surface area contributed by atoms with Gasteiger partial charge in [0.25, 0.3) is 0 Å². The lowest BCUT2D eigenvalue weighted by Crippen LogP contribution is -2.13. The SMILES string of the molecule is Cc1ccc(C(N)c2cc3ccccc3s2)c(F)c1F. The molecule has 0 radical (unpaired) electrons. The van der Waals surface area contributed by atoms with Crippen molar-refractivity contribution in [3.63, 3.8) is 0 Å². The first-order valence-electron chi connectivity index (χ1n) is 6.26. The highest BCUT2D eigenvalue weighted by Crippen LogP contribution is 2.33. The maximum atomic E-state index is 14.0. The van der Waals surface area contributed by atoms with Crippen molar-refractivity contribution in [1.29, 1.82) is 0 Å². The van der Waals surface area contributed by atoms with E-state index in [1.807, 2.05) is 30.3 Å². The summed E-state index contributed by atoms with van der Waals surface area (Å²) in [5, 5.41) is 1.07. The van der Waals surface area contributed by atoms with Crippen molar-refractivity contribution < 1.29 is 8.78 Å². The number of rotatable bonds is 2. The first-order valence-corrected chi connectivity index (χ1v) is 7.08. The maximum Gasteiger partial charge on any atom is 0.164 e. The second-order valence-corrected chi connectivity index (χ2v) is 5.88. The van der Waals surface area contributed by atoms with Crippen molar-refractivity contribution in [2.75, 3.05) is 0 Å². The fourth-order valence-electron chi connectivity index (χ4n) is 2.21. The fraction of sp³-hybridized carbons (Fsp3) is 0.125. The van der Waals surface area contributed by atoms with Crippen LogP contribution in [0.4, 0.5) is 8.78 Å². The van der Waals surface area contributed by atoms with Crippen molar-refractivity contribution >= 4 is 21.4 Å². The van der Waals surface area contributed by atoms with E-state index in [4.69, 9.17) is 5.73 Å². The molecule has 2 aromatic carbocycles. The minimum absolute atomic E-state index is 0.194. The molecule has 1 unspecified atom stereocenters. The van der Waals surface area contributed by atoms with Gasteiger partial charge in [0.05, 0.1) is 6.04 Å². The Balaban J connectivity index is 2.08. The highest BCUT2D eigenvalue weighted by atomic mass is 32.1. The van der Waals surface area contributed by atoms with Gasteiger partial charge >= 0.3 is 0 Å². The quantitative estimate of drug-likeness (QED) is 0.736. The normalized spacial score (nSPS) is 12.8. The molecule has 3 rings (SSSR count). The molecule has 0 bridgehead atoms. The highest BCUT2D eigenvalue weighted by molar-refractivity contribution is 7.19. The van der Waals surface area contributed by atoms with Gasteiger partial charge in [-0.15, -0.1) is 11.3 Å². The van der Waals surface area contributed by atoms with Crippen LogP contribution in [0.25, 0.3) is 10.1 Å². The molecule has 0 saturated carbocycles. The monoisotopic (exact) mass is 289 g/mol. The molecular formula is C16H13F2NS. The first-order chi connectivity index (χ1) is 9.58. The average molecular weight is 289 g/mol. The van der Waals surface area contributed by atoms with Gasteiger partial charge < -0.3 is 5.73 Å². The van der Waals surface area contributed by atoms with E-state index < -0.39 is 17.7 Å². The number of benzene rings is 2. The number of thiophene rings is 1. The van der Waals surface area contributed by atoms with Crippen molar-refractivity contribution in [2.24, 2.45) is 5.73 Å². The largest absolute Gasteiger partial charge is 0.320 e. The Bertz CT molecular complexity index is 746. The third-order valence-corrected chi connectivity index (χ3v) is 4.59. The lowest BCUT2D eigenvalue weighted by atomic mass is 10.0. The summed E-state index contributed by atoms with van der Waals surface area (Å²) in [5.74, 6) is -1.67. The van der Waals surface area contributed by atoms with Gasteiger partial charge in [-0.1, -0.05) is 30.3 Å². The summed E-state index contributed by atoms with van der Waals surface area (Å²) in [5.41, 5.74) is 6.58. The Morgan fingerprint density at radius 3 is 2.55 bits per heavy atom. The molecule has 1 atom stereocenters. The van der Waals surface area contributed by atoms with Gasteiger partial charge in [-0.2, -0.15) is 0 Å². The highest BCUT2D eigenvalue weighted by Gasteiger charge is 2.19. The van der Waals surface area contributed by atoms with Gasteiger partial charge in [-0.05, 0) is 30.0 Å². The Kier molecular flexibility index (Phi) is 3.28. The molecule has 0 amide bonds. The third-order valence-electron chi connectivity index (χ3n) is 3.39. The Hall–Kier alpha value is -1.78. The van der Waals surface area contributed by atoms with Gasteiger partial charge in [-0.3, -0.25) is 0 Å². The molecule has 0 aliphatic heterocycles. The first kappa shape index (κ1) is 13.2. The lowest BCUT2D eigenvalue weighted by Gasteiger charge is -2.12. The lowest BCUT2D eigenvalue weighted by molar-refractivity contribution is 0.490. The predicted octanol–water partition coefficient (Wildman–Crippen LogP) is 4.54. The molecule has 2 N–H and O–H groups in total. The number of halogens is 2. The van der Waals surface area contributed by atoms with Crippen LogP contribution < -0.4 is 5.73 Å². The molecule has 1 nitrogen and oxygen atoms in total. The fourth-order valence-corrected chi connectivity index (χ4v) is 3.30. The molecule has 0 spiro atoms. The second kappa shape index (κ2) is 4.96. The van der Waals surface area contributed by atoms with E-state index >= 15 is 0 Å². The van der Waals surface area contributed by atoms with Crippen LogP contribution >= 0.6 is 11.3 Å².